The Bertz CT molecular complexity index is 812. The van der Waals surface area contributed by atoms with Crippen molar-refractivity contribution in [2.45, 2.75) is 38.9 Å². The van der Waals surface area contributed by atoms with Gasteiger partial charge in [0.25, 0.3) is 0 Å². The van der Waals surface area contributed by atoms with Gasteiger partial charge in [0.1, 0.15) is 5.01 Å². The highest BCUT2D eigenvalue weighted by atomic mass is 32.1. The van der Waals surface area contributed by atoms with Crippen LogP contribution in [0.25, 0.3) is 10.2 Å². The third kappa shape index (κ3) is 3.68. The number of likely N-dealkylation sites (N-methyl/N-ethyl adjacent to an activating group) is 1. The van der Waals surface area contributed by atoms with Gasteiger partial charge in [-0.15, -0.1) is 11.3 Å². The third-order valence-corrected chi connectivity index (χ3v) is 6.64. The lowest BCUT2D eigenvalue weighted by molar-refractivity contribution is 0.180. The summed E-state index contributed by atoms with van der Waals surface area (Å²) in [7, 11) is 0. The van der Waals surface area contributed by atoms with Crippen LogP contribution in [0.2, 0.25) is 0 Å². The topological polar surface area (TPSA) is 19.4 Å². The highest BCUT2D eigenvalue weighted by molar-refractivity contribution is 7.18. The summed E-state index contributed by atoms with van der Waals surface area (Å²) >= 11 is 1.84. The Hall–Kier alpha value is -1.75. The Morgan fingerprint density at radius 3 is 2.69 bits per heavy atom. The molecular formula is C22H27N3S. The zero-order valence-electron chi connectivity index (χ0n) is 15.6. The van der Waals surface area contributed by atoms with E-state index >= 15 is 0 Å². The molecule has 0 saturated carbocycles. The first-order valence-electron chi connectivity index (χ1n) is 9.62. The summed E-state index contributed by atoms with van der Waals surface area (Å²) in [5, 5.41) is 1.24. The molecule has 4 heteroatoms. The first-order valence-corrected chi connectivity index (χ1v) is 10.4. The summed E-state index contributed by atoms with van der Waals surface area (Å²) in [5.74, 6) is 0. The second-order valence-electron chi connectivity index (χ2n) is 7.16. The molecule has 2 atom stereocenters. The first-order chi connectivity index (χ1) is 12.7. The van der Waals surface area contributed by atoms with Crippen LogP contribution in [-0.4, -0.2) is 40.5 Å². The fourth-order valence-electron chi connectivity index (χ4n) is 4.02. The number of hydrogen-bond donors (Lipinski definition) is 0. The van der Waals surface area contributed by atoms with Gasteiger partial charge in [-0.3, -0.25) is 9.80 Å². The summed E-state index contributed by atoms with van der Waals surface area (Å²) < 4.78 is 1.30. The zero-order chi connectivity index (χ0) is 17.9. The van der Waals surface area contributed by atoms with Crippen molar-refractivity contribution in [2.75, 3.05) is 19.6 Å². The summed E-state index contributed by atoms with van der Waals surface area (Å²) in [6, 6.07) is 20.4. The van der Waals surface area contributed by atoms with Gasteiger partial charge in [0, 0.05) is 25.2 Å². The molecule has 1 fully saturated rings. The Morgan fingerprint density at radius 2 is 1.92 bits per heavy atom. The van der Waals surface area contributed by atoms with Gasteiger partial charge in [-0.2, -0.15) is 0 Å². The number of rotatable bonds is 6. The van der Waals surface area contributed by atoms with E-state index in [1.807, 2.05) is 11.3 Å². The second kappa shape index (κ2) is 7.87. The van der Waals surface area contributed by atoms with Crippen molar-refractivity contribution in [2.24, 2.45) is 0 Å². The Labute approximate surface area is 160 Å². The number of fused-ring (bicyclic) bond motifs is 1. The molecule has 2 aromatic carbocycles. The second-order valence-corrected chi connectivity index (χ2v) is 8.28. The normalized spacial score (nSPS) is 19.4. The quantitative estimate of drug-likeness (QED) is 0.616. The number of aromatic nitrogens is 1. The SMILES string of the molecule is CCN(Cc1nc2ccccc2s1)[C@H]1CCN([C@H](C)c2ccccc2)C1. The molecule has 0 spiro atoms. The first kappa shape index (κ1) is 17.7. The van der Waals surface area contributed by atoms with Crippen LogP contribution in [0.4, 0.5) is 0 Å². The van der Waals surface area contributed by atoms with Gasteiger partial charge in [0.05, 0.1) is 16.8 Å². The van der Waals surface area contributed by atoms with E-state index in [0.29, 0.717) is 12.1 Å². The molecule has 26 heavy (non-hydrogen) atoms. The molecule has 2 heterocycles. The van der Waals surface area contributed by atoms with E-state index in [2.05, 4.69) is 78.2 Å². The Kier molecular flexibility index (Phi) is 5.34. The van der Waals surface area contributed by atoms with Crippen LogP contribution in [0.3, 0.4) is 0 Å². The van der Waals surface area contributed by atoms with Crippen LogP contribution in [0.5, 0.6) is 0 Å². The number of likely N-dealkylation sites (tertiary alicyclic amines) is 1. The molecule has 1 aromatic heterocycles. The molecule has 0 unspecified atom stereocenters. The number of thiazole rings is 1. The van der Waals surface area contributed by atoms with Crippen molar-refractivity contribution in [3.63, 3.8) is 0 Å². The van der Waals surface area contributed by atoms with Gasteiger partial charge >= 0.3 is 0 Å². The van der Waals surface area contributed by atoms with Crippen LogP contribution >= 0.6 is 11.3 Å². The van der Waals surface area contributed by atoms with E-state index < -0.39 is 0 Å². The van der Waals surface area contributed by atoms with E-state index in [4.69, 9.17) is 4.98 Å². The van der Waals surface area contributed by atoms with Crippen LogP contribution in [0, 0.1) is 0 Å². The van der Waals surface area contributed by atoms with E-state index in [0.717, 1.165) is 25.2 Å². The summed E-state index contributed by atoms with van der Waals surface area (Å²) in [6.45, 7) is 8.98. The predicted octanol–water partition coefficient (Wildman–Crippen LogP) is 4.95. The fourth-order valence-corrected chi connectivity index (χ4v) is 5.01. The monoisotopic (exact) mass is 365 g/mol. The van der Waals surface area contributed by atoms with E-state index in [1.165, 1.54) is 28.2 Å². The highest BCUT2D eigenvalue weighted by Gasteiger charge is 2.30. The molecule has 1 aliphatic heterocycles. The lowest BCUT2D eigenvalue weighted by Gasteiger charge is -2.29. The molecule has 0 bridgehead atoms. The molecule has 0 radical (unpaired) electrons. The van der Waals surface area contributed by atoms with Crippen molar-refractivity contribution in [1.29, 1.82) is 0 Å². The number of nitrogens with zero attached hydrogens (tertiary/aromatic N) is 3. The smallest absolute Gasteiger partial charge is 0.108 e. The average Bonchev–Trinajstić information content (AvgIpc) is 3.33. The minimum atomic E-state index is 0.488. The number of hydrogen-bond acceptors (Lipinski definition) is 4. The van der Waals surface area contributed by atoms with Crippen molar-refractivity contribution >= 4 is 21.6 Å². The maximum Gasteiger partial charge on any atom is 0.108 e. The van der Waals surface area contributed by atoms with Gasteiger partial charge in [-0.1, -0.05) is 49.4 Å². The van der Waals surface area contributed by atoms with Crippen LogP contribution in [0.15, 0.2) is 54.6 Å². The van der Waals surface area contributed by atoms with E-state index in [1.54, 1.807) is 0 Å². The lowest BCUT2D eigenvalue weighted by atomic mass is 10.1. The molecule has 4 rings (SSSR count). The van der Waals surface area contributed by atoms with Crippen molar-refractivity contribution < 1.29 is 0 Å². The molecule has 0 aliphatic carbocycles. The standard InChI is InChI=1S/C22H27N3S/c1-3-24(16-22-23-20-11-7-8-12-21(20)26-22)19-13-14-25(15-19)17(2)18-9-5-4-6-10-18/h4-12,17,19H,3,13-16H2,1-2H3/t17-,19+/m1/s1. The average molecular weight is 366 g/mol. The molecule has 3 nitrogen and oxygen atoms in total. The molecular weight excluding hydrogens is 338 g/mol. The maximum atomic E-state index is 4.84. The predicted molar refractivity (Wildman–Crippen MR) is 111 cm³/mol. The Morgan fingerprint density at radius 1 is 1.15 bits per heavy atom. The summed E-state index contributed by atoms with van der Waals surface area (Å²) in [4.78, 5) is 10.1. The van der Waals surface area contributed by atoms with Crippen molar-refractivity contribution in [1.82, 2.24) is 14.8 Å². The van der Waals surface area contributed by atoms with Crippen molar-refractivity contribution in [3.05, 3.63) is 65.2 Å². The van der Waals surface area contributed by atoms with E-state index in [9.17, 15) is 0 Å². The lowest BCUT2D eigenvalue weighted by Crippen LogP contribution is -2.37. The third-order valence-electron chi connectivity index (χ3n) is 5.62. The van der Waals surface area contributed by atoms with E-state index in [-0.39, 0.29) is 0 Å². The molecule has 0 amide bonds. The van der Waals surface area contributed by atoms with Crippen molar-refractivity contribution in [3.8, 4) is 0 Å². The van der Waals surface area contributed by atoms with Crippen LogP contribution < -0.4 is 0 Å². The van der Waals surface area contributed by atoms with Gasteiger partial charge in [-0.25, -0.2) is 4.98 Å². The molecule has 136 valence electrons. The van der Waals surface area contributed by atoms with Gasteiger partial charge in [-0.05, 0) is 37.6 Å². The molecule has 3 aromatic rings. The largest absolute Gasteiger partial charge is 0.295 e. The minimum Gasteiger partial charge on any atom is -0.295 e. The van der Waals surface area contributed by atoms with Crippen LogP contribution in [-0.2, 0) is 6.54 Å². The fraction of sp³-hybridized carbons (Fsp3) is 0.409. The summed E-state index contributed by atoms with van der Waals surface area (Å²) in [6.07, 6.45) is 1.25. The number of benzene rings is 2. The summed E-state index contributed by atoms with van der Waals surface area (Å²) in [5.41, 5.74) is 2.55. The molecule has 1 saturated heterocycles. The molecule has 1 aliphatic rings. The zero-order valence-corrected chi connectivity index (χ0v) is 16.5. The van der Waals surface area contributed by atoms with Gasteiger partial charge in [0.2, 0.25) is 0 Å². The van der Waals surface area contributed by atoms with Crippen LogP contribution in [0.1, 0.15) is 36.9 Å². The highest BCUT2D eigenvalue weighted by Crippen LogP contribution is 2.28. The molecule has 0 N–H and O–H groups in total. The van der Waals surface area contributed by atoms with Gasteiger partial charge in [0.15, 0.2) is 0 Å². The number of para-hydroxylation sites is 1. The minimum absolute atomic E-state index is 0.488. The Balaban J connectivity index is 1.42. The van der Waals surface area contributed by atoms with Gasteiger partial charge < -0.3 is 0 Å². The maximum absolute atomic E-state index is 4.84.